The standard InChI is InChI=1S/C19H20O2/c1-2-19(16-6-9-17(20)10-7-16)11-3-4-14-12-18(21)8-5-15(14)13-19/h2,5-10,12,20-21H,1,3-4,11,13H2. The molecule has 1 atom stereocenters. The van der Waals surface area contributed by atoms with Gasteiger partial charge in [-0.05, 0) is 66.6 Å². The first-order valence-corrected chi connectivity index (χ1v) is 7.37. The van der Waals surface area contributed by atoms with Gasteiger partial charge in [0.15, 0.2) is 0 Å². The van der Waals surface area contributed by atoms with Gasteiger partial charge in [0.25, 0.3) is 0 Å². The molecule has 0 spiro atoms. The number of aromatic hydroxyl groups is 2. The molecule has 0 aromatic heterocycles. The van der Waals surface area contributed by atoms with Gasteiger partial charge in [0.05, 0.1) is 0 Å². The molecule has 1 aliphatic carbocycles. The third-order valence-electron chi connectivity index (χ3n) is 4.60. The van der Waals surface area contributed by atoms with Crippen LogP contribution in [0.4, 0.5) is 0 Å². The normalized spacial score (nSPS) is 21.3. The molecular weight excluding hydrogens is 260 g/mol. The van der Waals surface area contributed by atoms with Crippen molar-refractivity contribution in [3.05, 3.63) is 71.8 Å². The van der Waals surface area contributed by atoms with Crippen molar-refractivity contribution in [1.82, 2.24) is 0 Å². The Morgan fingerprint density at radius 2 is 1.67 bits per heavy atom. The Hall–Kier alpha value is -2.22. The second-order valence-electron chi connectivity index (χ2n) is 5.89. The van der Waals surface area contributed by atoms with E-state index in [1.807, 2.05) is 30.3 Å². The van der Waals surface area contributed by atoms with E-state index in [9.17, 15) is 10.2 Å². The monoisotopic (exact) mass is 280 g/mol. The molecule has 3 rings (SSSR count). The fraction of sp³-hybridized carbons (Fsp3) is 0.263. The zero-order chi connectivity index (χ0) is 14.9. The van der Waals surface area contributed by atoms with Crippen LogP contribution in [0.1, 0.15) is 29.5 Å². The molecule has 0 radical (unpaired) electrons. The summed E-state index contributed by atoms with van der Waals surface area (Å²) in [5.74, 6) is 0.626. The number of hydrogen-bond donors (Lipinski definition) is 2. The molecule has 2 nitrogen and oxygen atoms in total. The van der Waals surface area contributed by atoms with Crippen molar-refractivity contribution < 1.29 is 10.2 Å². The Bertz CT molecular complexity index is 658. The SMILES string of the molecule is C=CC1(c2ccc(O)cc2)CCCc2cc(O)ccc2C1. The summed E-state index contributed by atoms with van der Waals surface area (Å²) >= 11 is 0. The van der Waals surface area contributed by atoms with Crippen LogP contribution in [0.3, 0.4) is 0 Å². The number of phenols is 2. The van der Waals surface area contributed by atoms with Crippen molar-refractivity contribution in [1.29, 1.82) is 0 Å². The van der Waals surface area contributed by atoms with E-state index in [2.05, 4.69) is 6.58 Å². The van der Waals surface area contributed by atoms with Crippen LogP contribution in [-0.4, -0.2) is 10.2 Å². The van der Waals surface area contributed by atoms with Crippen molar-refractivity contribution in [2.75, 3.05) is 0 Å². The predicted octanol–water partition coefficient (Wildman–Crippen LogP) is 4.10. The minimum absolute atomic E-state index is 0.101. The van der Waals surface area contributed by atoms with Gasteiger partial charge in [-0.3, -0.25) is 0 Å². The van der Waals surface area contributed by atoms with Gasteiger partial charge in [-0.1, -0.05) is 24.3 Å². The summed E-state index contributed by atoms with van der Waals surface area (Å²) in [6.07, 6.45) is 6.00. The lowest BCUT2D eigenvalue weighted by molar-refractivity contribution is 0.468. The van der Waals surface area contributed by atoms with E-state index in [0.717, 1.165) is 25.7 Å². The lowest BCUT2D eigenvalue weighted by Gasteiger charge is -2.30. The van der Waals surface area contributed by atoms with Crippen LogP contribution in [0.2, 0.25) is 0 Å². The van der Waals surface area contributed by atoms with Crippen LogP contribution in [0.25, 0.3) is 0 Å². The van der Waals surface area contributed by atoms with Crippen molar-refractivity contribution in [3.8, 4) is 11.5 Å². The number of allylic oxidation sites excluding steroid dienone is 1. The lowest BCUT2D eigenvalue weighted by atomic mass is 9.73. The number of benzene rings is 2. The molecule has 0 amide bonds. The summed E-state index contributed by atoms with van der Waals surface area (Å²) < 4.78 is 0. The first-order chi connectivity index (χ1) is 10.1. The van der Waals surface area contributed by atoms with Gasteiger partial charge in [0.1, 0.15) is 11.5 Å². The molecule has 108 valence electrons. The van der Waals surface area contributed by atoms with Crippen LogP contribution < -0.4 is 0 Å². The van der Waals surface area contributed by atoms with E-state index in [0.29, 0.717) is 5.75 Å². The van der Waals surface area contributed by atoms with E-state index in [4.69, 9.17) is 0 Å². The summed E-state index contributed by atoms with van der Waals surface area (Å²) in [5, 5.41) is 19.2. The molecule has 0 saturated heterocycles. The number of aryl methyl sites for hydroxylation is 1. The third-order valence-corrected chi connectivity index (χ3v) is 4.60. The number of fused-ring (bicyclic) bond motifs is 1. The summed E-state index contributed by atoms with van der Waals surface area (Å²) in [4.78, 5) is 0. The van der Waals surface area contributed by atoms with Gasteiger partial charge in [-0.2, -0.15) is 0 Å². The van der Waals surface area contributed by atoms with Crippen LogP contribution in [-0.2, 0) is 18.3 Å². The van der Waals surface area contributed by atoms with E-state index in [1.165, 1.54) is 16.7 Å². The molecule has 0 fully saturated rings. The molecule has 2 heteroatoms. The van der Waals surface area contributed by atoms with Crippen molar-refractivity contribution in [2.45, 2.75) is 31.1 Å². The zero-order valence-electron chi connectivity index (χ0n) is 12.0. The predicted molar refractivity (Wildman–Crippen MR) is 84.7 cm³/mol. The van der Waals surface area contributed by atoms with Gasteiger partial charge in [0.2, 0.25) is 0 Å². The highest BCUT2D eigenvalue weighted by atomic mass is 16.3. The first-order valence-electron chi connectivity index (χ1n) is 7.37. The molecule has 21 heavy (non-hydrogen) atoms. The van der Waals surface area contributed by atoms with Crippen molar-refractivity contribution in [3.63, 3.8) is 0 Å². The second kappa shape index (κ2) is 5.28. The number of phenolic OH excluding ortho intramolecular Hbond substituents is 2. The summed E-state index contributed by atoms with van der Waals surface area (Å²) in [6, 6.07) is 13.1. The average molecular weight is 280 g/mol. The van der Waals surface area contributed by atoms with Gasteiger partial charge in [0, 0.05) is 5.41 Å². The summed E-state index contributed by atoms with van der Waals surface area (Å²) in [5.41, 5.74) is 3.60. The Morgan fingerprint density at radius 3 is 2.38 bits per heavy atom. The topological polar surface area (TPSA) is 40.5 Å². The molecular formula is C19H20O2. The van der Waals surface area contributed by atoms with Crippen LogP contribution in [0, 0.1) is 0 Å². The number of rotatable bonds is 2. The highest BCUT2D eigenvalue weighted by Crippen LogP contribution is 2.39. The van der Waals surface area contributed by atoms with Crippen LogP contribution in [0.5, 0.6) is 11.5 Å². The van der Waals surface area contributed by atoms with E-state index < -0.39 is 0 Å². The minimum atomic E-state index is -0.101. The maximum absolute atomic E-state index is 9.67. The van der Waals surface area contributed by atoms with Gasteiger partial charge < -0.3 is 10.2 Å². The second-order valence-corrected chi connectivity index (χ2v) is 5.89. The molecule has 0 heterocycles. The highest BCUT2D eigenvalue weighted by Gasteiger charge is 2.31. The smallest absolute Gasteiger partial charge is 0.115 e. The summed E-state index contributed by atoms with van der Waals surface area (Å²) in [7, 11) is 0. The van der Waals surface area contributed by atoms with Crippen LogP contribution >= 0.6 is 0 Å². The molecule has 2 N–H and O–H groups in total. The zero-order valence-corrected chi connectivity index (χ0v) is 12.0. The molecule has 0 bridgehead atoms. The molecule has 1 aliphatic rings. The minimum Gasteiger partial charge on any atom is -0.508 e. The van der Waals surface area contributed by atoms with Gasteiger partial charge >= 0.3 is 0 Å². The van der Waals surface area contributed by atoms with E-state index in [-0.39, 0.29) is 11.2 Å². The first kappa shape index (κ1) is 13.7. The fourth-order valence-corrected chi connectivity index (χ4v) is 3.37. The van der Waals surface area contributed by atoms with Gasteiger partial charge in [-0.25, -0.2) is 0 Å². The Labute approximate surface area is 125 Å². The van der Waals surface area contributed by atoms with Crippen molar-refractivity contribution >= 4 is 0 Å². The van der Waals surface area contributed by atoms with Crippen LogP contribution in [0.15, 0.2) is 55.1 Å². The maximum Gasteiger partial charge on any atom is 0.115 e. The number of hydrogen-bond acceptors (Lipinski definition) is 2. The highest BCUT2D eigenvalue weighted by molar-refractivity contribution is 5.42. The van der Waals surface area contributed by atoms with E-state index >= 15 is 0 Å². The average Bonchev–Trinajstić information content (AvgIpc) is 2.67. The molecule has 2 aromatic carbocycles. The third kappa shape index (κ3) is 2.54. The fourth-order valence-electron chi connectivity index (χ4n) is 3.37. The lowest BCUT2D eigenvalue weighted by Crippen LogP contribution is -2.25. The largest absolute Gasteiger partial charge is 0.508 e. The molecule has 2 aromatic rings. The molecule has 0 saturated carbocycles. The molecule has 1 unspecified atom stereocenters. The Morgan fingerprint density at radius 1 is 0.952 bits per heavy atom. The van der Waals surface area contributed by atoms with Gasteiger partial charge in [-0.15, -0.1) is 6.58 Å². The quantitative estimate of drug-likeness (QED) is 0.642. The maximum atomic E-state index is 9.67. The Kier molecular flexibility index (Phi) is 3.46. The summed E-state index contributed by atoms with van der Waals surface area (Å²) in [6.45, 7) is 4.08. The van der Waals surface area contributed by atoms with E-state index in [1.54, 1.807) is 18.2 Å². The Balaban J connectivity index is 2.04. The molecule has 0 aliphatic heterocycles. The van der Waals surface area contributed by atoms with Crippen molar-refractivity contribution in [2.24, 2.45) is 0 Å².